The third kappa shape index (κ3) is 4.99. The molecule has 2 aromatic heterocycles. The molecule has 0 aliphatic carbocycles. The van der Waals surface area contributed by atoms with Crippen LogP contribution in [0.15, 0.2) is 9.59 Å². The number of hydrazine groups is 1. The Kier molecular flexibility index (Phi) is 7.47. The number of ether oxygens (including phenoxy) is 1. The predicted molar refractivity (Wildman–Crippen MR) is 114 cm³/mol. The number of nitrogens with one attached hydrogen (secondary N) is 1. The highest BCUT2D eigenvalue weighted by molar-refractivity contribution is 7.18. The fourth-order valence-corrected chi connectivity index (χ4v) is 4.44. The second-order valence-electron chi connectivity index (χ2n) is 8.27. The number of alkyl halides is 3. The molecular weight excluding hydrogens is 453 g/mol. The number of methoxy groups -OCH3 is 1. The van der Waals surface area contributed by atoms with E-state index < -0.39 is 35.1 Å². The minimum atomic E-state index is -4.79. The molecule has 32 heavy (non-hydrogen) atoms. The molecule has 2 heterocycles. The number of carboxylic acid groups (broad SMARTS) is 1. The second kappa shape index (κ2) is 9.24. The number of amides is 1. The van der Waals surface area contributed by atoms with Crippen molar-refractivity contribution in [1.82, 2.24) is 19.6 Å². The van der Waals surface area contributed by atoms with Crippen molar-refractivity contribution in [3.05, 3.63) is 31.3 Å². The number of thiophene rings is 1. The molecule has 0 saturated carbocycles. The fourth-order valence-electron chi connectivity index (χ4n) is 3.19. The van der Waals surface area contributed by atoms with Crippen molar-refractivity contribution in [2.75, 3.05) is 13.7 Å². The lowest BCUT2D eigenvalue weighted by Crippen LogP contribution is -2.52. The number of nitrogens with zero attached hydrogens (tertiary/aromatic N) is 3. The first-order valence-corrected chi connectivity index (χ1v) is 10.5. The van der Waals surface area contributed by atoms with Crippen LogP contribution in [0.1, 0.15) is 44.2 Å². The molecule has 0 bridgehead atoms. The largest absolute Gasteiger partial charge is 0.464 e. The molecule has 180 valence electrons. The maximum absolute atomic E-state index is 13.4. The van der Waals surface area contributed by atoms with E-state index in [0.29, 0.717) is 10.4 Å². The van der Waals surface area contributed by atoms with Gasteiger partial charge < -0.3 is 9.84 Å². The van der Waals surface area contributed by atoms with Gasteiger partial charge in [-0.2, -0.15) is 13.2 Å². The first-order chi connectivity index (χ1) is 14.6. The maximum Gasteiger partial charge on any atom is 0.422 e. The molecule has 0 radical (unpaired) electrons. The highest BCUT2D eigenvalue weighted by atomic mass is 32.1. The summed E-state index contributed by atoms with van der Waals surface area (Å²) in [5, 5.41) is 10.4. The van der Waals surface area contributed by atoms with Gasteiger partial charge in [0.2, 0.25) is 0 Å². The number of aromatic nitrogens is 2. The lowest BCUT2D eigenvalue weighted by atomic mass is 10.1. The summed E-state index contributed by atoms with van der Waals surface area (Å²) in [6, 6.07) is -2.31. The van der Waals surface area contributed by atoms with Crippen LogP contribution in [0.4, 0.5) is 18.0 Å². The number of rotatable bonds is 7. The molecule has 0 spiro atoms. The van der Waals surface area contributed by atoms with Crippen molar-refractivity contribution in [3.8, 4) is 0 Å². The quantitative estimate of drug-likeness (QED) is 0.590. The normalized spacial score (nSPS) is 13.5. The molecule has 0 aliphatic rings. The van der Waals surface area contributed by atoms with E-state index >= 15 is 0 Å². The number of fused-ring (bicyclic) bond motifs is 1. The summed E-state index contributed by atoms with van der Waals surface area (Å²) in [5.74, 6) is 0. The van der Waals surface area contributed by atoms with Gasteiger partial charge in [0.05, 0.1) is 30.6 Å². The molecule has 0 saturated heterocycles. The fraction of sp³-hybridized carbons (Fsp3) is 0.632. The van der Waals surface area contributed by atoms with E-state index in [-0.39, 0.29) is 34.5 Å². The van der Waals surface area contributed by atoms with Gasteiger partial charge in [0.25, 0.3) is 5.56 Å². The summed E-state index contributed by atoms with van der Waals surface area (Å²) in [4.78, 5) is 38.2. The Bertz CT molecular complexity index is 1110. The molecule has 1 unspecified atom stereocenters. The van der Waals surface area contributed by atoms with Crippen LogP contribution >= 0.6 is 11.3 Å². The van der Waals surface area contributed by atoms with Gasteiger partial charge in [0.15, 0.2) is 0 Å². The summed E-state index contributed by atoms with van der Waals surface area (Å²) in [5.41, 5.74) is 0.282. The molecule has 0 aromatic carbocycles. The van der Waals surface area contributed by atoms with Crippen LogP contribution in [0, 0.1) is 6.92 Å². The van der Waals surface area contributed by atoms with Crippen LogP contribution in [-0.2, 0) is 17.8 Å². The Balaban J connectivity index is 2.70. The van der Waals surface area contributed by atoms with Crippen molar-refractivity contribution in [3.63, 3.8) is 0 Å². The van der Waals surface area contributed by atoms with E-state index in [4.69, 9.17) is 4.74 Å². The molecule has 2 N–H and O–H groups in total. The maximum atomic E-state index is 13.4. The Morgan fingerprint density at radius 1 is 1.28 bits per heavy atom. The van der Waals surface area contributed by atoms with Crippen molar-refractivity contribution in [2.24, 2.45) is 0 Å². The van der Waals surface area contributed by atoms with Gasteiger partial charge in [-0.3, -0.25) is 9.36 Å². The average Bonchev–Trinajstić information content (AvgIpc) is 2.96. The van der Waals surface area contributed by atoms with E-state index in [1.807, 2.05) is 0 Å². The molecular formula is C19H27F3N4O5S. The summed E-state index contributed by atoms with van der Waals surface area (Å²) in [6.07, 6.45) is -6.01. The van der Waals surface area contributed by atoms with Crippen LogP contribution in [0.25, 0.3) is 10.2 Å². The first-order valence-electron chi connectivity index (χ1n) is 9.72. The van der Waals surface area contributed by atoms with Crippen LogP contribution in [-0.4, -0.2) is 50.8 Å². The number of hydrogen-bond acceptors (Lipinski definition) is 6. The predicted octanol–water partition coefficient (Wildman–Crippen LogP) is 3.09. The Morgan fingerprint density at radius 2 is 1.88 bits per heavy atom. The average molecular weight is 481 g/mol. The topological polar surface area (TPSA) is 106 Å². The SMILES string of the molecule is COCCn1c(=O)n(C(C)C(F)(F)F)c(=O)c2c(C)c(CNN(C(=O)O)C(C)(C)C)sc21. The highest BCUT2D eigenvalue weighted by Crippen LogP contribution is 2.31. The summed E-state index contributed by atoms with van der Waals surface area (Å²) in [6.45, 7) is 7.38. The van der Waals surface area contributed by atoms with Crippen LogP contribution < -0.4 is 16.7 Å². The lowest BCUT2D eigenvalue weighted by Gasteiger charge is -2.33. The number of halogens is 3. The molecule has 0 aliphatic heterocycles. The molecule has 2 aromatic rings. The van der Waals surface area contributed by atoms with Crippen LogP contribution in [0.3, 0.4) is 0 Å². The first kappa shape index (κ1) is 25.9. The second-order valence-corrected chi connectivity index (χ2v) is 9.36. The Labute approximate surface area is 186 Å². The van der Waals surface area contributed by atoms with Crippen LogP contribution in [0.2, 0.25) is 0 Å². The van der Waals surface area contributed by atoms with Crippen molar-refractivity contribution < 1.29 is 27.8 Å². The van der Waals surface area contributed by atoms with E-state index in [2.05, 4.69) is 5.43 Å². The number of hydrogen-bond donors (Lipinski definition) is 2. The molecule has 1 atom stereocenters. The van der Waals surface area contributed by atoms with Crippen molar-refractivity contribution in [2.45, 2.75) is 65.5 Å². The van der Waals surface area contributed by atoms with Gasteiger partial charge in [-0.25, -0.2) is 24.6 Å². The summed E-state index contributed by atoms with van der Waals surface area (Å²) in [7, 11) is 1.39. The van der Waals surface area contributed by atoms with Gasteiger partial charge in [0.1, 0.15) is 10.9 Å². The zero-order chi connectivity index (χ0) is 24.6. The summed E-state index contributed by atoms with van der Waals surface area (Å²) >= 11 is 1.05. The van der Waals surface area contributed by atoms with Crippen LogP contribution in [0.5, 0.6) is 0 Å². The van der Waals surface area contributed by atoms with Gasteiger partial charge >= 0.3 is 18.0 Å². The Morgan fingerprint density at radius 3 is 2.34 bits per heavy atom. The number of carbonyl (C=O) groups is 1. The third-order valence-corrected chi connectivity index (χ3v) is 6.30. The van der Waals surface area contributed by atoms with E-state index in [1.54, 1.807) is 27.7 Å². The van der Waals surface area contributed by atoms with E-state index in [1.165, 1.54) is 7.11 Å². The molecule has 13 heteroatoms. The smallest absolute Gasteiger partial charge is 0.422 e. The zero-order valence-corrected chi connectivity index (χ0v) is 19.5. The molecule has 0 fully saturated rings. The highest BCUT2D eigenvalue weighted by Gasteiger charge is 2.40. The molecule has 9 nitrogen and oxygen atoms in total. The molecule has 2 rings (SSSR count). The standard InChI is InChI=1S/C19H27F3N4O5S/c1-10-12(9-23-26(17(29)30)18(3,4)5)32-15-13(10)14(27)25(11(2)19(20,21)22)16(28)24(15)7-8-31-6/h11,23H,7-9H2,1-6H3,(H,29,30). The minimum Gasteiger partial charge on any atom is -0.464 e. The monoisotopic (exact) mass is 480 g/mol. The van der Waals surface area contributed by atoms with Gasteiger partial charge in [0, 0.05) is 12.0 Å². The Hall–Kier alpha value is -2.38. The minimum absolute atomic E-state index is 0.00147. The lowest BCUT2D eigenvalue weighted by molar-refractivity contribution is -0.164. The van der Waals surface area contributed by atoms with Gasteiger partial charge in [-0.15, -0.1) is 11.3 Å². The zero-order valence-electron chi connectivity index (χ0n) is 18.7. The van der Waals surface area contributed by atoms with Crippen molar-refractivity contribution in [1.29, 1.82) is 0 Å². The summed E-state index contributed by atoms with van der Waals surface area (Å²) < 4.78 is 46.4. The van der Waals surface area contributed by atoms with E-state index in [9.17, 15) is 32.7 Å². The number of aryl methyl sites for hydroxylation is 1. The third-order valence-electron chi connectivity index (χ3n) is 4.98. The van der Waals surface area contributed by atoms with Gasteiger partial charge in [-0.1, -0.05) is 0 Å². The van der Waals surface area contributed by atoms with Gasteiger partial charge in [-0.05, 0) is 40.2 Å². The van der Waals surface area contributed by atoms with E-state index in [0.717, 1.165) is 27.8 Å². The molecule has 1 amide bonds. The van der Waals surface area contributed by atoms with Crippen molar-refractivity contribution >= 4 is 27.6 Å².